The molecule has 1 aromatic carbocycles. The monoisotopic (exact) mass is 314 g/mol. The molecule has 22 heavy (non-hydrogen) atoms. The van der Waals surface area contributed by atoms with Crippen LogP contribution >= 0.6 is 11.3 Å². The van der Waals surface area contributed by atoms with E-state index in [9.17, 15) is 4.79 Å². The number of carbonyl (C=O) groups is 1. The second-order valence-electron chi connectivity index (χ2n) is 5.30. The summed E-state index contributed by atoms with van der Waals surface area (Å²) in [6.07, 6.45) is 2.55. The average molecular weight is 314 g/mol. The summed E-state index contributed by atoms with van der Waals surface area (Å²) in [5, 5.41) is 4.03. The minimum absolute atomic E-state index is 0.103. The molecular weight excluding hydrogens is 296 g/mol. The van der Waals surface area contributed by atoms with Gasteiger partial charge in [0.2, 0.25) is 0 Å². The molecule has 0 radical (unpaired) electrons. The minimum atomic E-state index is -0.117. The third kappa shape index (κ3) is 2.87. The number of nitrogens with zero attached hydrogens (tertiary/aromatic N) is 2. The molecule has 6 heteroatoms. The predicted molar refractivity (Wildman–Crippen MR) is 88.2 cm³/mol. The summed E-state index contributed by atoms with van der Waals surface area (Å²) in [4.78, 5) is 24.4. The van der Waals surface area contributed by atoms with E-state index in [0.29, 0.717) is 5.56 Å². The number of amides is 1. The smallest absolute Gasteiger partial charge is 0.251 e. The van der Waals surface area contributed by atoms with Gasteiger partial charge >= 0.3 is 0 Å². The molecule has 0 saturated carbocycles. The molecule has 0 fully saturated rings. The molecule has 0 bridgehead atoms. The van der Waals surface area contributed by atoms with Crippen molar-refractivity contribution in [2.45, 2.75) is 33.2 Å². The number of hydrogen-bond donors (Lipinski definition) is 2. The lowest BCUT2D eigenvalue weighted by molar-refractivity contribution is 0.0934. The number of aromatic amines is 1. The molecule has 1 unspecified atom stereocenters. The van der Waals surface area contributed by atoms with Crippen LogP contribution in [0.2, 0.25) is 0 Å². The van der Waals surface area contributed by atoms with Gasteiger partial charge in [-0.15, -0.1) is 11.3 Å². The van der Waals surface area contributed by atoms with Crippen LogP contribution in [0.5, 0.6) is 0 Å². The highest BCUT2D eigenvalue weighted by molar-refractivity contribution is 7.18. The molecule has 1 amide bonds. The summed E-state index contributed by atoms with van der Waals surface area (Å²) in [6.45, 7) is 5.94. The van der Waals surface area contributed by atoms with E-state index in [1.165, 1.54) is 0 Å². The number of fused-ring (bicyclic) bond motifs is 1. The largest absolute Gasteiger partial charge is 0.344 e. The molecule has 0 aliphatic heterocycles. The van der Waals surface area contributed by atoms with Crippen molar-refractivity contribution >= 4 is 27.5 Å². The van der Waals surface area contributed by atoms with Crippen LogP contribution in [-0.2, 0) is 0 Å². The fourth-order valence-electron chi connectivity index (χ4n) is 2.40. The summed E-state index contributed by atoms with van der Waals surface area (Å²) in [7, 11) is 0. The van der Waals surface area contributed by atoms with Crippen LogP contribution in [0.25, 0.3) is 10.2 Å². The molecule has 0 aliphatic carbocycles. The minimum Gasteiger partial charge on any atom is -0.344 e. The molecule has 2 heterocycles. The number of nitrogens with one attached hydrogen (secondary N) is 2. The molecular formula is C16H18N4OS. The predicted octanol–water partition coefficient (Wildman–Crippen LogP) is 3.52. The molecule has 3 aromatic rings. The Morgan fingerprint density at radius 1 is 1.41 bits per heavy atom. The highest BCUT2D eigenvalue weighted by Gasteiger charge is 2.17. The van der Waals surface area contributed by atoms with Crippen molar-refractivity contribution in [3.05, 3.63) is 46.5 Å². The SMILES string of the molecule is CCC(NC(=O)c1ccc2sc(C)nc2c1)c1ncc(C)[nH]1. The summed E-state index contributed by atoms with van der Waals surface area (Å²) in [6, 6.07) is 5.52. The van der Waals surface area contributed by atoms with E-state index in [1.54, 1.807) is 17.5 Å². The number of imidazole rings is 1. The Labute approximate surface area is 132 Å². The molecule has 2 aromatic heterocycles. The van der Waals surface area contributed by atoms with Crippen molar-refractivity contribution in [3.63, 3.8) is 0 Å². The van der Waals surface area contributed by atoms with E-state index < -0.39 is 0 Å². The maximum atomic E-state index is 12.5. The Morgan fingerprint density at radius 2 is 2.23 bits per heavy atom. The third-order valence-electron chi connectivity index (χ3n) is 3.52. The normalized spacial score (nSPS) is 12.5. The van der Waals surface area contributed by atoms with Gasteiger partial charge in [0.15, 0.2) is 0 Å². The topological polar surface area (TPSA) is 70.7 Å². The van der Waals surface area contributed by atoms with Gasteiger partial charge < -0.3 is 10.3 Å². The Balaban J connectivity index is 1.82. The number of benzene rings is 1. The zero-order chi connectivity index (χ0) is 15.7. The van der Waals surface area contributed by atoms with E-state index in [4.69, 9.17) is 0 Å². The fraction of sp³-hybridized carbons (Fsp3) is 0.312. The van der Waals surface area contributed by atoms with Crippen LogP contribution in [0.3, 0.4) is 0 Å². The lowest BCUT2D eigenvalue weighted by atomic mass is 10.1. The number of thiazole rings is 1. The van der Waals surface area contributed by atoms with Gasteiger partial charge in [0.05, 0.1) is 21.3 Å². The van der Waals surface area contributed by atoms with Crippen molar-refractivity contribution in [3.8, 4) is 0 Å². The van der Waals surface area contributed by atoms with Crippen LogP contribution in [0.4, 0.5) is 0 Å². The quantitative estimate of drug-likeness (QED) is 0.774. The Kier molecular flexibility index (Phi) is 3.94. The van der Waals surface area contributed by atoms with Crippen molar-refractivity contribution in [1.29, 1.82) is 0 Å². The van der Waals surface area contributed by atoms with Crippen molar-refractivity contribution in [2.24, 2.45) is 0 Å². The van der Waals surface area contributed by atoms with Gasteiger partial charge in [-0.2, -0.15) is 0 Å². The molecule has 3 rings (SSSR count). The Bertz CT molecular complexity index is 821. The summed E-state index contributed by atoms with van der Waals surface area (Å²) in [5.41, 5.74) is 2.48. The number of hydrogen-bond acceptors (Lipinski definition) is 4. The standard InChI is InChI=1S/C16H18N4OS/c1-4-12(15-17-8-9(2)18-15)20-16(21)11-5-6-14-13(7-11)19-10(3)22-14/h5-8,12H,4H2,1-3H3,(H,17,18)(H,20,21). The van der Waals surface area contributed by atoms with Crippen LogP contribution in [0.1, 0.15) is 46.3 Å². The number of rotatable bonds is 4. The first-order valence-corrected chi connectivity index (χ1v) is 8.08. The maximum absolute atomic E-state index is 12.5. The highest BCUT2D eigenvalue weighted by atomic mass is 32.1. The molecule has 0 aliphatic rings. The van der Waals surface area contributed by atoms with Gasteiger partial charge in [-0.05, 0) is 38.5 Å². The van der Waals surface area contributed by atoms with Gasteiger partial charge in [0.1, 0.15) is 5.82 Å². The summed E-state index contributed by atoms with van der Waals surface area (Å²) < 4.78 is 1.10. The molecule has 1 atom stereocenters. The summed E-state index contributed by atoms with van der Waals surface area (Å²) >= 11 is 1.63. The molecule has 2 N–H and O–H groups in total. The van der Waals surface area contributed by atoms with Gasteiger partial charge in [-0.3, -0.25) is 4.79 Å². The maximum Gasteiger partial charge on any atom is 0.251 e. The van der Waals surface area contributed by atoms with E-state index in [0.717, 1.165) is 33.2 Å². The van der Waals surface area contributed by atoms with Crippen molar-refractivity contribution < 1.29 is 4.79 Å². The van der Waals surface area contributed by atoms with Gasteiger partial charge in [-0.1, -0.05) is 6.92 Å². The lowest BCUT2D eigenvalue weighted by Crippen LogP contribution is -2.28. The molecule has 5 nitrogen and oxygen atoms in total. The second-order valence-corrected chi connectivity index (χ2v) is 6.54. The first-order valence-electron chi connectivity index (χ1n) is 7.26. The number of H-pyrrole nitrogens is 1. The highest BCUT2D eigenvalue weighted by Crippen LogP contribution is 2.23. The van der Waals surface area contributed by atoms with Crippen LogP contribution in [-0.4, -0.2) is 20.9 Å². The van der Waals surface area contributed by atoms with E-state index in [-0.39, 0.29) is 11.9 Å². The van der Waals surface area contributed by atoms with Crippen LogP contribution < -0.4 is 5.32 Å². The Hall–Kier alpha value is -2.21. The first kappa shape index (κ1) is 14.7. The Morgan fingerprint density at radius 3 is 2.91 bits per heavy atom. The summed E-state index contributed by atoms with van der Waals surface area (Å²) in [5.74, 6) is 0.687. The van der Waals surface area contributed by atoms with E-state index >= 15 is 0 Å². The van der Waals surface area contributed by atoms with Crippen LogP contribution in [0.15, 0.2) is 24.4 Å². The molecule has 0 saturated heterocycles. The van der Waals surface area contributed by atoms with E-state index in [2.05, 4.69) is 20.3 Å². The molecule has 114 valence electrons. The van der Waals surface area contributed by atoms with Gasteiger partial charge in [0.25, 0.3) is 5.91 Å². The van der Waals surface area contributed by atoms with E-state index in [1.807, 2.05) is 39.0 Å². The zero-order valence-electron chi connectivity index (χ0n) is 12.8. The number of aromatic nitrogens is 3. The second kappa shape index (κ2) is 5.88. The van der Waals surface area contributed by atoms with Crippen molar-refractivity contribution in [2.75, 3.05) is 0 Å². The molecule has 0 spiro atoms. The number of carbonyl (C=O) groups excluding carboxylic acids is 1. The number of aryl methyl sites for hydroxylation is 2. The average Bonchev–Trinajstić information content (AvgIpc) is 3.08. The zero-order valence-corrected chi connectivity index (χ0v) is 13.6. The lowest BCUT2D eigenvalue weighted by Gasteiger charge is -2.14. The fourth-order valence-corrected chi connectivity index (χ4v) is 3.21. The first-order chi connectivity index (χ1) is 10.6. The van der Waals surface area contributed by atoms with Gasteiger partial charge in [-0.25, -0.2) is 9.97 Å². The third-order valence-corrected chi connectivity index (χ3v) is 4.47. The van der Waals surface area contributed by atoms with Crippen molar-refractivity contribution in [1.82, 2.24) is 20.3 Å². The van der Waals surface area contributed by atoms with Crippen LogP contribution in [0, 0.1) is 13.8 Å². The van der Waals surface area contributed by atoms with Gasteiger partial charge in [0, 0.05) is 17.5 Å².